The number of aliphatic carboxylic acids is 1. The van der Waals surface area contributed by atoms with E-state index in [4.69, 9.17) is 9.84 Å². The average Bonchev–Trinajstić information content (AvgIpc) is 2.83. The van der Waals surface area contributed by atoms with Crippen molar-refractivity contribution in [3.63, 3.8) is 0 Å². The maximum atomic E-state index is 11.4. The normalized spacial score (nSPS) is 18.6. The van der Waals surface area contributed by atoms with Crippen LogP contribution in [0.4, 0.5) is 4.79 Å². The molecule has 1 rings (SSSR count). The Morgan fingerprint density at radius 3 is 2.83 bits per heavy atom. The summed E-state index contributed by atoms with van der Waals surface area (Å²) in [7, 11) is 0. The van der Waals surface area contributed by atoms with Gasteiger partial charge in [-0.2, -0.15) is 11.8 Å². The highest BCUT2D eigenvalue weighted by molar-refractivity contribution is 7.99. The summed E-state index contributed by atoms with van der Waals surface area (Å²) in [5, 5.41) is 13.9. The van der Waals surface area contributed by atoms with Crippen molar-refractivity contribution in [1.29, 1.82) is 0 Å². The fourth-order valence-corrected chi connectivity index (χ4v) is 2.83. The van der Waals surface area contributed by atoms with E-state index >= 15 is 0 Å². The van der Waals surface area contributed by atoms with Crippen LogP contribution in [0.25, 0.3) is 0 Å². The summed E-state index contributed by atoms with van der Waals surface area (Å²) < 4.78 is 5.05. The molecule has 1 heterocycles. The van der Waals surface area contributed by atoms with Gasteiger partial charge < -0.3 is 20.5 Å². The van der Waals surface area contributed by atoms with Crippen molar-refractivity contribution in [1.82, 2.24) is 10.6 Å². The van der Waals surface area contributed by atoms with Crippen LogP contribution in [0.1, 0.15) is 12.8 Å². The Morgan fingerprint density at radius 1 is 1.33 bits per heavy atom. The predicted octanol–water partition coefficient (Wildman–Crippen LogP) is 0.530. The van der Waals surface area contributed by atoms with Crippen molar-refractivity contribution in [3.05, 3.63) is 0 Å². The molecular formula is C11H20N2O4S. The Bertz CT molecular complexity index is 270. The van der Waals surface area contributed by atoms with Crippen LogP contribution in [-0.4, -0.2) is 54.9 Å². The smallest absolute Gasteiger partial charge is 0.314 e. The summed E-state index contributed by atoms with van der Waals surface area (Å²) in [4.78, 5) is 21.6. The van der Waals surface area contributed by atoms with Crippen molar-refractivity contribution in [2.24, 2.45) is 5.92 Å². The van der Waals surface area contributed by atoms with E-state index in [1.54, 1.807) is 0 Å². The van der Waals surface area contributed by atoms with Crippen molar-refractivity contribution in [3.8, 4) is 0 Å². The molecular weight excluding hydrogens is 256 g/mol. The molecule has 0 radical (unpaired) electrons. The van der Waals surface area contributed by atoms with E-state index in [9.17, 15) is 9.59 Å². The standard InChI is InChI=1S/C11H20N2O4S/c14-10(15)1-4-17-5-3-12-11(16)13-7-9-2-6-18-8-9/h9H,1-8H2,(H,14,15)(H2,12,13,16). The molecule has 1 aliphatic rings. The maximum Gasteiger partial charge on any atom is 0.314 e. The Kier molecular flexibility index (Phi) is 7.59. The van der Waals surface area contributed by atoms with Gasteiger partial charge in [0, 0.05) is 13.1 Å². The number of thioether (sulfide) groups is 1. The third kappa shape index (κ3) is 7.39. The highest BCUT2D eigenvalue weighted by Crippen LogP contribution is 2.22. The second kappa shape index (κ2) is 9.04. The zero-order valence-electron chi connectivity index (χ0n) is 10.3. The quantitative estimate of drug-likeness (QED) is 0.563. The van der Waals surface area contributed by atoms with Gasteiger partial charge in [0.1, 0.15) is 0 Å². The van der Waals surface area contributed by atoms with Gasteiger partial charge in [-0.3, -0.25) is 4.79 Å². The molecule has 0 aliphatic carbocycles. The Hall–Kier alpha value is -0.950. The maximum absolute atomic E-state index is 11.4. The number of urea groups is 1. The van der Waals surface area contributed by atoms with Crippen LogP contribution in [-0.2, 0) is 9.53 Å². The van der Waals surface area contributed by atoms with E-state index in [2.05, 4.69) is 10.6 Å². The van der Waals surface area contributed by atoms with Crippen molar-refractivity contribution >= 4 is 23.8 Å². The monoisotopic (exact) mass is 276 g/mol. The number of carboxylic acids is 1. The molecule has 0 saturated carbocycles. The molecule has 1 aliphatic heterocycles. The highest BCUT2D eigenvalue weighted by Gasteiger charge is 2.15. The molecule has 0 aromatic carbocycles. The van der Waals surface area contributed by atoms with E-state index in [1.807, 2.05) is 11.8 Å². The van der Waals surface area contributed by atoms with E-state index in [0.717, 1.165) is 12.3 Å². The summed E-state index contributed by atoms with van der Waals surface area (Å²) in [6, 6.07) is -0.186. The van der Waals surface area contributed by atoms with Gasteiger partial charge in [0.15, 0.2) is 0 Å². The number of carboxylic acid groups (broad SMARTS) is 1. The van der Waals surface area contributed by atoms with E-state index in [0.29, 0.717) is 19.1 Å². The zero-order valence-corrected chi connectivity index (χ0v) is 11.1. The number of hydrogen-bond donors (Lipinski definition) is 3. The molecule has 1 unspecified atom stereocenters. The van der Waals surface area contributed by atoms with Crippen molar-refractivity contribution < 1.29 is 19.4 Å². The molecule has 0 aromatic heterocycles. The second-order valence-corrected chi connectivity index (χ2v) is 5.27. The van der Waals surface area contributed by atoms with Crippen molar-refractivity contribution in [2.75, 3.05) is 37.8 Å². The van der Waals surface area contributed by atoms with Gasteiger partial charge in [-0.15, -0.1) is 0 Å². The van der Waals surface area contributed by atoms with Gasteiger partial charge >= 0.3 is 12.0 Å². The number of hydrogen-bond acceptors (Lipinski definition) is 4. The first-order chi connectivity index (χ1) is 8.68. The Morgan fingerprint density at radius 2 is 2.17 bits per heavy atom. The number of ether oxygens (including phenoxy) is 1. The Balaban J connectivity index is 1.88. The lowest BCUT2D eigenvalue weighted by molar-refractivity contribution is -0.138. The summed E-state index contributed by atoms with van der Waals surface area (Å²) >= 11 is 1.92. The third-order valence-corrected chi connectivity index (χ3v) is 3.80. The fraction of sp³-hybridized carbons (Fsp3) is 0.818. The number of amides is 2. The number of rotatable bonds is 8. The SMILES string of the molecule is O=C(O)CCOCCNC(=O)NCC1CCSC1. The molecule has 6 nitrogen and oxygen atoms in total. The minimum absolute atomic E-state index is 0.00839. The molecule has 104 valence electrons. The van der Waals surface area contributed by atoms with Crippen LogP contribution >= 0.6 is 11.8 Å². The molecule has 1 atom stereocenters. The summed E-state index contributed by atoms with van der Waals surface area (Å²) in [5.41, 5.74) is 0. The lowest BCUT2D eigenvalue weighted by atomic mass is 10.1. The van der Waals surface area contributed by atoms with Crippen LogP contribution < -0.4 is 10.6 Å². The van der Waals surface area contributed by atoms with Gasteiger partial charge in [0.2, 0.25) is 0 Å². The number of carbonyl (C=O) groups excluding carboxylic acids is 1. The lowest BCUT2D eigenvalue weighted by Gasteiger charge is -2.11. The van der Waals surface area contributed by atoms with Gasteiger partial charge in [0.25, 0.3) is 0 Å². The lowest BCUT2D eigenvalue weighted by Crippen LogP contribution is -2.39. The van der Waals surface area contributed by atoms with Gasteiger partial charge in [-0.25, -0.2) is 4.79 Å². The van der Waals surface area contributed by atoms with E-state index in [-0.39, 0.29) is 19.1 Å². The largest absolute Gasteiger partial charge is 0.481 e. The molecule has 2 amide bonds. The zero-order chi connectivity index (χ0) is 13.2. The molecule has 3 N–H and O–H groups in total. The van der Waals surface area contributed by atoms with E-state index in [1.165, 1.54) is 12.2 Å². The van der Waals surface area contributed by atoms with Gasteiger partial charge in [0.05, 0.1) is 19.6 Å². The summed E-state index contributed by atoms with van der Waals surface area (Å²) in [5.74, 6) is 2.02. The van der Waals surface area contributed by atoms with E-state index < -0.39 is 5.97 Å². The first-order valence-electron chi connectivity index (χ1n) is 6.07. The topological polar surface area (TPSA) is 87.7 Å². The van der Waals surface area contributed by atoms with Crippen LogP contribution in [0.5, 0.6) is 0 Å². The molecule has 0 bridgehead atoms. The third-order valence-electron chi connectivity index (χ3n) is 2.57. The molecule has 1 fully saturated rings. The highest BCUT2D eigenvalue weighted by atomic mass is 32.2. The molecule has 1 saturated heterocycles. The van der Waals surface area contributed by atoms with Crippen molar-refractivity contribution in [2.45, 2.75) is 12.8 Å². The average molecular weight is 276 g/mol. The second-order valence-electron chi connectivity index (χ2n) is 4.12. The minimum Gasteiger partial charge on any atom is -0.481 e. The first kappa shape index (κ1) is 15.1. The van der Waals surface area contributed by atoms with Gasteiger partial charge in [-0.05, 0) is 23.8 Å². The first-order valence-corrected chi connectivity index (χ1v) is 7.23. The minimum atomic E-state index is -0.880. The number of nitrogens with one attached hydrogen (secondary N) is 2. The summed E-state index contributed by atoms with van der Waals surface area (Å²) in [6.07, 6.45) is 1.16. The van der Waals surface area contributed by atoms with Crippen LogP contribution in [0.15, 0.2) is 0 Å². The molecule has 7 heteroatoms. The number of carbonyl (C=O) groups is 2. The Labute approximate surface area is 111 Å². The summed E-state index contributed by atoms with van der Waals surface area (Å²) in [6.45, 7) is 1.63. The van der Waals surface area contributed by atoms with Gasteiger partial charge in [-0.1, -0.05) is 0 Å². The predicted molar refractivity (Wildman–Crippen MR) is 69.9 cm³/mol. The molecule has 0 aromatic rings. The fourth-order valence-electron chi connectivity index (χ4n) is 1.54. The van der Waals surface area contributed by atoms with Crippen LogP contribution in [0.2, 0.25) is 0 Å². The van der Waals surface area contributed by atoms with Crippen LogP contribution in [0, 0.1) is 5.92 Å². The van der Waals surface area contributed by atoms with Crippen LogP contribution in [0.3, 0.4) is 0 Å². The molecule has 18 heavy (non-hydrogen) atoms. The molecule has 0 spiro atoms.